The number of nitrogens with one attached hydrogen (secondary N) is 1. The molecule has 1 saturated heterocycles. The molecule has 0 saturated carbocycles. The van der Waals surface area contributed by atoms with Gasteiger partial charge in [0.25, 0.3) is 5.91 Å². The molecule has 2 amide bonds. The van der Waals surface area contributed by atoms with E-state index in [1.54, 1.807) is 17.0 Å². The van der Waals surface area contributed by atoms with Crippen LogP contribution in [0.3, 0.4) is 0 Å². The third kappa shape index (κ3) is 5.19. The van der Waals surface area contributed by atoms with Crippen LogP contribution in [0, 0.1) is 0 Å². The van der Waals surface area contributed by atoms with Gasteiger partial charge in [0, 0.05) is 50.4 Å². The Bertz CT molecular complexity index is 909. The van der Waals surface area contributed by atoms with Gasteiger partial charge in [0.05, 0.1) is 0 Å². The number of rotatable bonds is 8. The summed E-state index contributed by atoms with van der Waals surface area (Å²) in [4.78, 5) is 33.0. The van der Waals surface area contributed by atoms with Crippen LogP contribution in [0.4, 0.5) is 5.69 Å². The highest BCUT2D eigenvalue weighted by Crippen LogP contribution is 2.33. The molecule has 1 N–H and O–H groups in total. The van der Waals surface area contributed by atoms with Crippen molar-refractivity contribution in [3.63, 3.8) is 0 Å². The van der Waals surface area contributed by atoms with Crippen LogP contribution in [-0.4, -0.2) is 73.5 Å². The number of benzene rings is 2. The molecule has 4 rings (SSSR count). The summed E-state index contributed by atoms with van der Waals surface area (Å²) >= 11 is 0. The van der Waals surface area contributed by atoms with Gasteiger partial charge in [-0.2, -0.15) is 0 Å². The number of para-hydroxylation sites is 1. The number of amides is 2. The zero-order valence-electron chi connectivity index (χ0n) is 19.0. The van der Waals surface area contributed by atoms with Crippen LogP contribution in [0.1, 0.15) is 35.7 Å². The third-order valence-electron chi connectivity index (χ3n) is 6.47. The highest BCUT2D eigenvalue weighted by atomic mass is 16.2. The van der Waals surface area contributed by atoms with E-state index in [1.165, 1.54) is 13.0 Å². The maximum atomic E-state index is 13.3. The number of carbonyl (C=O) groups excluding carboxylic acids is 2. The van der Waals surface area contributed by atoms with Crippen LogP contribution in [0.15, 0.2) is 54.6 Å². The maximum absolute atomic E-state index is 13.3. The predicted octanol–water partition coefficient (Wildman–Crippen LogP) is 2.79. The van der Waals surface area contributed by atoms with Crippen LogP contribution in [0.25, 0.3) is 0 Å². The van der Waals surface area contributed by atoms with Crippen molar-refractivity contribution in [3.05, 3.63) is 65.7 Å². The van der Waals surface area contributed by atoms with Gasteiger partial charge in [0.1, 0.15) is 6.04 Å². The Hall–Kier alpha value is -2.70. The SMILES string of the molecule is CCCN1CCN(CCCNC(=O)[C@H]2Cc3ccccc3N2C(=O)c2ccccc2)CC1. The zero-order chi connectivity index (χ0) is 22.3. The second-order valence-electron chi connectivity index (χ2n) is 8.72. The lowest BCUT2D eigenvalue weighted by Gasteiger charge is -2.34. The van der Waals surface area contributed by atoms with Gasteiger partial charge in [-0.05, 0) is 49.7 Å². The fraction of sp³-hybridized carbons (Fsp3) is 0.462. The molecular formula is C26H34N4O2. The molecule has 0 bridgehead atoms. The van der Waals surface area contributed by atoms with Crippen LogP contribution in [0.2, 0.25) is 0 Å². The molecule has 32 heavy (non-hydrogen) atoms. The van der Waals surface area contributed by atoms with Crippen LogP contribution in [-0.2, 0) is 11.2 Å². The Balaban J connectivity index is 1.32. The fourth-order valence-corrected chi connectivity index (χ4v) is 4.75. The van der Waals surface area contributed by atoms with Crippen molar-refractivity contribution in [2.75, 3.05) is 50.7 Å². The Morgan fingerprint density at radius 2 is 1.56 bits per heavy atom. The molecule has 2 aliphatic rings. The lowest BCUT2D eigenvalue weighted by molar-refractivity contribution is -0.122. The Morgan fingerprint density at radius 3 is 2.28 bits per heavy atom. The number of carbonyl (C=O) groups is 2. The maximum Gasteiger partial charge on any atom is 0.259 e. The van der Waals surface area contributed by atoms with Crippen molar-refractivity contribution >= 4 is 17.5 Å². The molecule has 0 unspecified atom stereocenters. The number of fused-ring (bicyclic) bond motifs is 1. The summed E-state index contributed by atoms with van der Waals surface area (Å²) in [5.41, 5.74) is 2.48. The molecule has 6 nitrogen and oxygen atoms in total. The molecular weight excluding hydrogens is 400 g/mol. The molecule has 0 aromatic heterocycles. The van der Waals surface area contributed by atoms with Gasteiger partial charge in [0.15, 0.2) is 0 Å². The third-order valence-corrected chi connectivity index (χ3v) is 6.47. The monoisotopic (exact) mass is 434 g/mol. The van der Waals surface area contributed by atoms with E-state index in [1.807, 2.05) is 42.5 Å². The summed E-state index contributed by atoms with van der Waals surface area (Å²) in [7, 11) is 0. The standard InChI is InChI=1S/C26H34N4O2/c1-2-14-28-16-18-29(19-17-28)15-8-13-27-25(31)24-20-22-11-6-7-12-23(22)30(24)26(32)21-9-4-3-5-10-21/h3-7,9-12,24H,2,8,13-20H2,1H3,(H,27,31)/t24-/m1/s1. The smallest absolute Gasteiger partial charge is 0.259 e. The highest BCUT2D eigenvalue weighted by Gasteiger charge is 2.38. The van der Waals surface area contributed by atoms with Crippen molar-refractivity contribution < 1.29 is 9.59 Å². The highest BCUT2D eigenvalue weighted by molar-refractivity contribution is 6.11. The van der Waals surface area contributed by atoms with Crippen LogP contribution < -0.4 is 10.2 Å². The van der Waals surface area contributed by atoms with Gasteiger partial charge >= 0.3 is 0 Å². The first-order valence-corrected chi connectivity index (χ1v) is 11.9. The predicted molar refractivity (Wildman–Crippen MR) is 128 cm³/mol. The molecule has 2 heterocycles. The van der Waals surface area contributed by atoms with E-state index < -0.39 is 6.04 Å². The topological polar surface area (TPSA) is 55.9 Å². The van der Waals surface area contributed by atoms with E-state index >= 15 is 0 Å². The number of nitrogens with zero attached hydrogens (tertiary/aromatic N) is 3. The summed E-state index contributed by atoms with van der Waals surface area (Å²) in [6.07, 6.45) is 2.69. The fourth-order valence-electron chi connectivity index (χ4n) is 4.75. The molecule has 0 spiro atoms. The zero-order valence-corrected chi connectivity index (χ0v) is 19.0. The summed E-state index contributed by atoms with van der Waals surface area (Å²) in [6, 6.07) is 16.5. The molecule has 6 heteroatoms. The Morgan fingerprint density at radius 1 is 0.906 bits per heavy atom. The first-order valence-electron chi connectivity index (χ1n) is 11.9. The number of hydrogen-bond acceptors (Lipinski definition) is 4. The molecule has 2 aromatic carbocycles. The average Bonchev–Trinajstić information content (AvgIpc) is 3.23. The summed E-state index contributed by atoms with van der Waals surface area (Å²) in [6.45, 7) is 9.52. The van der Waals surface area contributed by atoms with Gasteiger partial charge < -0.3 is 15.1 Å². The van der Waals surface area contributed by atoms with Crippen molar-refractivity contribution in [1.82, 2.24) is 15.1 Å². The van der Waals surface area contributed by atoms with Crippen molar-refractivity contribution in [2.45, 2.75) is 32.2 Å². The molecule has 2 aromatic rings. The van der Waals surface area contributed by atoms with Crippen molar-refractivity contribution in [3.8, 4) is 0 Å². The molecule has 0 radical (unpaired) electrons. The van der Waals surface area contributed by atoms with E-state index in [2.05, 4.69) is 22.0 Å². The van der Waals surface area contributed by atoms with E-state index in [0.717, 1.165) is 50.4 Å². The second kappa shape index (κ2) is 10.7. The molecule has 170 valence electrons. The van der Waals surface area contributed by atoms with Crippen molar-refractivity contribution in [2.24, 2.45) is 0 Å². The lowest BCUT2D eigenvalue weighted by atomic mass is 10.1. The largest absolute Gasteiger partial charge is 0.354 e. The van der Waals surface area contributed by atoms with E-state index in [0.29, 0.717) is 18.5 Å². The summed E-state index contributed by atoms with van der Waals surface area (Å²) in [5.74, 6) is -0.195. The summed E-state index contributed by atoms with van der Waals surface area (Å²) < 4.78 is 0. The van der Waals surface area contributed by atoms with E-state index in [9.17, 15) is 9.59 Å². The molecule has 0 aliphatic carbocycles. The molecule has 2 aliphatic heterocycles. The van der Waals surface area contributed by atoms with Crippen molar-refractivity contribution in [1.29, 1.82) is 0 Å². The Kier molecular flexibility index (Phi) is 7.55. The number of anilines is 1. The van der Waals surface area contributed by atoms with E-state index in [-0.39, 0.29) is 11.8 Å². The molecule has 1 fully saturated rings. The van der Waals surface area contributed by atoms with Crippen LogP contribution >= 0.6 is 0 Å². The number of piperazine rings is 1. The number of hydrogen-bond donors (Lipinski definition) is 1. The normalized spacial score (nSPS) is 19.0. The first kappa shape index (κ1) is 22.5. The van der Waals surface area contributed by atoms with E-state index in [4.69, 9.17) is 0 Å². The lowest BCUT2D eigenvalue weighted by Crippen LogP contribution is -2.49. The van der Waals surface area contributed by atoms with Gasteiger partial charge in [-0.1, -0.05) is 43.3 Å². The second-order valence-corrected chi connectivity index (χ2v) is 8.72. The molecule has 1 atom stereocenters. The minimum atomic E-state index is -0.502. The van der Waals surface area contributed by atoms with Gasteiger partial charge in [-0.25, -0.2) is 0 Å². The summed E-state index contributed by atoms with van der Waals surface area (Å²) in [5, 5.41) is 3.09. The average molecular weight is 435 g/mol. The minimum absolute atomic E-state index is 0.0711. The van der Waals surface area contributed by atoms with Crippen LogP contribution in [0.5, 0.6) is 0 Å². The first-order chi connectivity index (χ1) is 15.7. The minimum Gasteiger partial charge on any atom is -0.354 e. The van der Waals surface area contributed by atoms with Gasteiger partial charge in [-0.15, -0.1) is 0 Å². The quantitative estimate of drug-likeness (QED) is 0.649. The van der Waals surface area contributed by atoms with Gasteiger partial charge in [-0.3, -0.25) is 14.5 Å². The Labute approximate surface area is 191 Å². The van der Waals surface area contributed by atoms with Gasteiger partial charge in [0.2, 0.25) is 5.91 Å².